The van der Waals surface area contributed by atoms with Crippen LogP contribution < -0.4 is 15.4 Å². The highest BCUT2D eigenvalue weighted by atomic mass is 16.5. The maximum absolute atomic E-state index is 12.3. The molecular formula is C19H22N2O3. The smallest absolute Gasteiger partial charge is 0.255 e. The molecule has 0 aromatic heterocycles. The topological polar surface area (TPSA) is 67.4 Å². The fraction of sp³-hybridized carbons (Fsp3) is 0.263. The van der Waals surface area contributed by atoms with Gasteiger partial charge in [-0.15, -0.1) is 0 Å². The number of benzene rings is 2. The van der Waals surface area contributed by atoms with Gasteiger partial charge in [0.1, 0.15) is 11.5 Å². The SMILES string of the molecule is CC(C)C(=O)NCCNC(=O)c1ccccc1Oc1ccccc1. The quantitative estimate of drug-likeness (QED) is 0.769. The highest BCUT2D eigenvalue weighted by Crippen LogP contribution is 2.24. The van der Waals surface area contributed by atoms with Gasteiger partial charge in [-0.2, -0.15) is 0 Å². The third kappa shape index (κ3) is 5.12. The minimum atomic E-state index is -0.236. The number of para-hydroxylation sites is 2. The minimum Gasteiger partial charge on any atom is -0.457 e. The molecule has 0 saturated heterocycles. The third-order valence-corrected chi connectivity index (χ3v) is 3.34. The second kappa shape index (κ2) is 8.72. The molecule has 2 aromatic carbocycles. The third-order valence-electron chi connectivity index (χ3n) is 3.34. The van der Waals surface area contributed by atoms with Gasteiger partial charge in [-0.3, -0.25) is 9.59 Å². The van der Waals surface area contributed by atoms with E-state index in [1.54, 1.807) is 18.2 Å². The van der Waals surface area contributed by atoms with Gasteiger partial charge in [0, 0.05) is 19.0 Å². The summed E-state index contributed by atoms with van der Waals surface area (Å²) in [6.07, 6.45) is 0. The van der Waals surface area contributed by atoms with Crippen molar-refractivity contribution in [3.8, 4) is 11.5 Å². The number of amides is 2. The molecule has 0 aliphatic rings. The normalized spacial score (nSPS) is 10.3. The summed E-state index contributed by atoms with van der Waals surface area (Å²) in [5.41, 5.74) is 0.455. The molecule has 2 aromatic rings. The molecular weight excluding hydrogens is 304 g/mol. The van der Waals surface area contributed by atoms with Crippen molar-refractivity contribution in [2.75, 3.05) is 13.1 Å². The summed E-state index contributed by atoms with van der Waals surface area (Å²) in [5, 5.41) is 5.54. The van der Waals surface area contributed by atoms with Crippen molar-refractivity contribution in [1.82, 2.24) is 10.6 Å². The van der Waals surface area contributed by atoms with E-state index in [0.29, 0.717) is 30.2 Å². The van der Waals surface area contributed by atoms with Gasteiger partial charge < -0.3 is 15.4 Å². The fourth-order valence-electron chi connectivity index (χ4n) is 2.02. The van der Waals surface area contributed by atoms with Crippen LogP contribution in [0.5, 0.6) is 11.5 Å². The Morgan fingerprint density at radius 1 is 0.917 bits per heavy atom. The lowest BCUT2D eigenvalue weighted by atomic mass is 10.2. The summed E-state index contributed by atoms with van der Waals surface area (Å²) in [5.74, 6) is 0.826. The Labute approximate surface area is 142 Å². The largest absolute Gasteiger partial charge is 0.457 e. The van der Waals surface area contributed by atoms with Crippen molar-refractivity contribution in [2.24, 2.45) is 5.92 Å². The van der Waals surface area contributed by atoms with Gasteiger partial charge in [0.2, 0.25) is 5.91 Å². The van der Waals surface area contributed by atoms with E-state index in [4.69, 9.17) is 4.74 Å². The Bertz CT molecular complexity index is 684. The first kappa shape index (κ1) is 17.5. The molecule has 0 spiro atoms. The molecule has 0 bridgehead atoms. The van der Waals surface area contributed by atoms with E-state index in [-0.39, 0.29) is 17.7 Å². The molecule has 2 rings (SSSR count). The molecule has 2 amide bonds. The summed E-state index contributed by atoms with van der Waals surface area (Å²) in [4.78, 5) is 23.8. The Kier molecular flexibility index (Phi) is 6.37. The summed E-state index contributed by atoms with van der Waals surface area (Å²) < 4.78 is 5.78. The number of ether oxygens (including phenoxy) is 1. The molecule has 2 N–H and O–H groups in total. The van der Waals surface area contributed by atoms with Crippen molar-refractivity contribution in [3.05, 3.63) is 60.2 Å². The van der Waals surface area contributed by atoms with E-state index in [9.17, 15) is 9.59 Å². The van der Waals surface area contributed by atoms with E-state index in [0.717, 1.165) is 0 Å². The van der Waals surface area contributed by atoms with Gasteiger partial charge in [0.25, 0.3) is 5.91 Å². The Morgan fingerprint density at radius 3 is 2.25 bits per heavy atom. The van der Waals surface area contributed by atoms with Gasteiger partial charge in [-0.1, -0.05) is 44.2 Å². The van der Waals surface area contributed by atoms with Crippen LogP contribution in [0.2, 0.25) is 0 Å². The first-order valence-corrected chi connectivity index (χ1v) is 7.96. The van der Waals surface area contributed by atoms with Crippen LogP contribution in [0.3, 0.4) is 0 Å². The first-order chi connectivity index (χ1) is 11.6. The van der Waals surface area contributed by atoms with Crippen molar-refractivity contribution in [2.45, 2.75) is 13.8 Å². The highest BCUT2D eigenvalue weighted by Gasteiger charge is 2.12. The van der Waals surface area contributed by atoms with Gasteiger partial charge >= 0.3 is 0 Å². The van der Waals surface area contributed by atoms with E-state index in [1.165, 1.54) is 0 Å². The van der Waals surface area contributed by atoms with E-state index < -0.39 is 0 Å². The van der Waals surface area contributed by atoms with Crippen molar-refractivity contribution in [1.29, 1.82) is 0 Å². The van der Waals surface area contributed by atoms with Crippen molar-refractivity contribution >= 4 is 11.8 Å². The predicted molar refractivity (Wildman–Crippen MR) is 93.1 cm³/mol. The Hall–Kier alpha value is -2.82. The van der Waals surface area contributed by atoms with Crippen LogP contribution in [0.15, 0.2) is 54.6 Å². The van der Waals surface area contributed by atoms with Gasteiger partial charge in [-0.25, -0.2) is 0 Å². The Balaban J connectivity index is 1.93. The lowest BCUT2D eigenvalue weighted by Crippen LogP contribution is -2.36. The maximum Gasteiger partial charge on any atom is 0.255 e. The maximum atomic E-state index is 12.3. The van der Waals surface area contributed by atoms with Crippen molar-refractivity contribution in [3.63, 3.8) is 0 Å². The van der Waals surface area contributed by atoms with Crippen LogP contribution in [-0.2, 0) is 4.79 Å². The molecule has 0 unspecified atom stereocenters. The molecule has 0 heterocycles. The van der Waals surface area contributed by atoms with E-state index in [1.807, 2.05) is 50.2 Å². The molecule has 24 heavy (non-hydrogen) atoms. The van der Waals surface area contributed by atoms with Gasteiger partial charge in [0.05, 0.1) is 5.56 Å². The first-order valence-electron chi connectivity index (χ1n) is 7.96. The average Bonchev–Trinajstić information content (AvgIpc) is 2.59. The summed E-state index contributed by atoms with van der Waals surface area (Å²) in [6.45, 7) is 4.40. The summed E-state index contributed by atoms with van der Waals surface area (Å²) in [7, 11) is 0. The summed E-state index contributed by atoms with van der Waals surface area (Å²) in [6, 6.07) is 16.4. The molecule has 0 fully saturated rings. The number of hydrogen-bond acceptors (Lipinski definition) is 3. The lowest BCUT2D eigenvalue weighted by molar-refractivity contribution is -0.123. The molecule has 0 aliphatic carbocycles. The molecule has 0 aliphatic heterocycles. The minimum absolute atomic E-state index is 0.0305. The number of carbonyl (C=O) groups excluding carboxylic acids is 2. The van der Waals surface area contributed by atoms with Crippen molar-refractivity contribution < 1.29 is 14.3 Å². The number of rotatable bonds is 7. The van der Waals surface area contributed by atoms with Crippen LogP contribution in [0.1, 0.15) is 24.2 Å². The van der Waals surface area contributed by atoms with Gasteiger partial charge in [-0.05, 0) is 24.3 Å². The average molecular weight is 326 g/mol. The van der Waals surface area contributed by atoms with Gasteiger partial charge in [0.15, 0.2) is 0 Å². The van der Waals surface area contributed by atoms with E-state index in [2.05, 4.69) is 10.6 Å². The molecule has 0 radical (unpaired) electrons. The molecule has 5 heteroatoms. The monoisotopic (exact) mass is 326 g/mol. The zero-order valence-electron chi connectivity index (χ0n) is 13.9. The summed E-state index contributed by atoms with van der Waals surface area (Å²) >= 11 is 0. The Morgan fingerprint density at radius 2 is 1.54 bits per heavy atom. The van der Waals surface area contributed by atoms with Crippen LogP contribution in [0, 0.1) is 5.92 Å². The number of nitrogens with one attached hydrogen (secondary N) is 2. The lowest BCUT2D eigenvalue weighted by Gasteiger charge is -2.12. The van der Waals surface area contributed by atoms with Crippen LogP contribution in [0.4, 0.5) is 0 Å². The van der Waals surface area contributed by atoms with Crippen LogP contribution in [0.25, 0.3) is 0 Å². The zero-order chi connectivity index (χ0) is 17.4. The van der Waals surface area contributed by atoms with Crippen LogP contribution in [-0.4, -0.2) is 24.9 Å². The van der Waals surface area contributed by atoms with Crippen LogP contribution >= 0.6 is 0 Å². The molecule has 0 saturated carbocycles. The number of carbonyl (C=O) groups is 2. The molecule has 126 valence electrons. The second-order valence-electron chi connectivity index (χ2n) is 5.61. The fourth-order valence-corrected chi connectivity index (χ4v) is 2.02. The number of hydrogen-bond donors (Lipinski definition) is 2. The second-order valence-corrected chi connectivity index (χ2v) is 5.61. The predicted octanol–water partition coefficient (Wildman–Crippen LogP) is 2.98. The highest BCUT2D eigenvalue weighted by molar-refractivity contribution is 5.97. The standard InChI is InChI=1S/C19H22N2O3/c1-14(2)18(22)20-12-13-21-19(23)16-10-6-7-11-17(16)24-15-8-4-3-5-9-15/h3-11,14H,12-13H2,1-2H3,(H,20,22)(H,21,23). The molecule has 0 atom stereocenters. The van der Waals surface area contributed by atoms with E-state index >= 15 is 0 Å². The molecule has 5 nitrogen and oxygen atoms in total. The zero-order valence-corrected chi connectivity index (χ0v) is 13.9.